The topological polar surface area (TPSA) is 92.9 Å². The second kappa shape index (κ2) is 7.35. The molecule has 0 aliphatic carbocycles. The Morgan fingerprint density at radius 1 is 1.36 bits per heavy atom. The smallest absolute Gasteiger partial charge is 0.407 e. The van der Waals surface area contributed by atoms with Crippen LogP contribution in [0.1, 0.15) is 29.6 Å². The lowest BCUT2D eigenvalue weighted by molar-refractivity contribution is 0.0995. The fraction of sp³-hybridized carbons (Fsp3) is 0.467. The summed E-state index contributed by atoms with van der Waals surface area (Å²) in [5.41, 5.74) is 5.57. The van der Waals surface area contributed by atoms with Crippen LogP contribution >= 0.6 is 11.6 Å². The van der Waals surface area contributed by atoms with E-state index in [4.69, 9.17) is 27.2 Å². The van der Waals surface area contributed by atoms with Gasteiger partial charge in [0.25, 0.3) is 5.91 Å². The first-order valence-corrected chi connectivity index (χ1v) is 7.55. The summed E-state index contributed by atoms with van der Waals surface area (Å²) in [6.07, 6.45) is 1.62. The van der Waals surface area contributed by atoms with E-state index in [1.165, 1.54) is 11.0 Å². The van der Waals surface area contributed by atoms with E-state index in [9.17, 15) is 9.59 Å². The minimum Gasteiger partial charge on any atom is -0.493 e. The molecule has 2 amide bonds. The van der Waals surface area contributed by atoms with Crippen LogP contribution in [0.2, 0.25) is 5.02 Å². The van der Waals surface area contributed by atoms with E-state index < -0.39 is 12.0 Å². The summed E-state index contributed by atoms with van der Waals surface area (Å²) in [5.74, 6) is 0.284. The molecule has 0 atom stereocenters. The number of carbonyl (C=O) groups is 2. The van der Waals surface area contributed by atoms with E-state index >= 15 is 0 Å². The molecule has 0 radical (unpaired) electrons. The molecular formula is C15H19ClN2O4. The molecule has 1 saturated heterocycles. The standard InChI is InChI=1S/C15H19ClN2O4/c16-11-1-2-13(12(9-11)14(17)19)22-8-5-10-3-6-18(7-4-10)15(20)21/h1-2,9-10H,3-8H2,(H2,17,19)(H,20,21). The molecule has 1 heterocycles. The van der Waals surface area contributed by atoms with Crippen LogP contribution in [0.3, 0.4) is 0 Å². The molecule has 1 aromatic rings. The third-order valence-electron chi connectivity index (χ3n) is 3.88. The number of primary amides is 1. The van der Waals surface area contributed by atoms with Gasteiger partial charge < -0.3 is 20.5 Å². The van der Waals surface area contributed by atoms with Crippen molar-refractivity contribution < 1.29 is 19.4 Å². The van der Waals surface area contributed by atoms with Crippen molar-refractivity contribution in [2.75, 3.05) is 19.7 Å². The molecule has 1 fully saturated rings. The highest BCUT2D eigenvalue weighted by Crippen LogP contribution is 2.24. The first kappa shape index (κ1) is 16.4. The van der Waals surface area contributed by atoms with Crippen molar-refractivity contribution in [3.8, 4) is 5.75 Å². The van der Waals surface area contributed by atoms with Crippen molar-refractivity contribution in [2.24, 2.45) is 11.7 Å². The van der Waals surface area contributed by atoms with Gasteiger partial charge in [0.15, 0.2) is 0 Å². The van der Waals surface area contributed by atoms with Crippen molar-refractivity contribution in [3.63, 3.8) is 0 Å². The Labute approximate surface area is 133 Å². The lowest BCUT2D eigenvalue weighted by Crippen LogP contribution is -2.37. The highest BCUT2D eigenvalue weighted by molar-refractivity contribution is 6.31. The highest BCUT2D eigenvalue weighted by Gasteiger charge is 2.22. The van der Waals surface area contributed by atoms with Crippen LogP contribution in [-0.4, -0.2) is 41.7 Å². The summed E-state index contributed by atoms with van der Waals surface area (Å²) in [4.78, 5) is 23.6. The number of nitrogens with zero attached hydrogens (tertiary/aromatic N) is 1. The highest BCUT2D eigenvalue weighted by atomic mass is 35.5. The number of hydrogen-bond acceptors (Lipinski definition) is 3. The fourth-order valence-corrected chi connectivity index (χ4v) is 2.74. The van der Waals surface area contributed by atoms with Gasteiger partial charge in [-0.15, -0.1) is 0 Å². The zero-order chi connectivity index (χ0) is 16.1. The van der Waals surface area contributed by atoms with Gasteiger partial charge in [-0.3, -0.25) is 4.79 Å². The summed E-state index contributed by atoms with van der Waals surface area (Å²) >= 11 is 5.84. The maximum atomic E-state index is 11.4. The van der Waals surface area contributed by atoms with Crippen molar-refractivity contribution in [2.45, 2.75) is 19.3 Å². The number of rotatable bonds is 5. The number of piperidine rings is 1. The van der Waals surface area contributed by atoms with Crippen LogP contribution in [0.25, 0.3) is 0 Å². The molecule has 1 aliphatic rings. The summed E-state index contributed by atoms with van der Waals surface area (Å²) in [6.45, 7) is 1.58. The quantitative estimate of drug-likeness (QED) is 0.869. The number of ether oxygens (including phenoxy) is 1. The molecule has 7 heteroatoms. The van der Waals surface area contributed by atoms with Gasteiger partial charge >= 0.3 is 6.09 Å². The number of carboxylic acid groups (broad SMARTS) is 1. The van der Waals surface area contributed by atoms with Crippen molar-refractivity contribution >= 4 is 23.6 Å². The average Bonchev–Trinajstić information content (AvgIpc) is 2.49. The molecule has 2 rings (SSSR count). The maximum absolute atomic E-state index is 11.4. The number of hydrogen-bond donors (Lipinski definition) is 2. The summed E-state index contributed by atoms with van der Waals surface area (Å²) in [6, 6.07) is 4.77. The summed E-state index contributed by atoms with van der Waals surface area (Å²) < 4.78 is 5.64. The second-order valence-corrected chi connectivity index (χ2v) is 5.79. The molecule has 3 N–H and O–H groups in total. The predicted octanol–water partition coefficient (Wildman–Crippen LogP) is 2.60. The van der Waals surface area contributed by atoms with Crippen LogP contribution < -0.4 is 10.5 Å². The SMILES string of the molecule is NC(=O)c1cc(Cl)ccc1OCCC1CCN(C(=O)O)CC1. The first-order valence-electron chi connectivity index (χ1n) is 7.17. The van der Waals surface area contributed by atoms with Gasteiger partial charge in [-0.1, -0.05) is 11.6 Å². The Hall–Kier alpha value is -1.95. The normalized spacial score (nSPS) is 15.6. The molecule has 0 spiro atoms. The number of likely N-dealkylation sites (tertiary alicyclic amines) is 1. The molecule has 22 heavy (non-hydrogen) atoms. The Morgan fingerprint density at radius 3 is 2.64 bits per heavy atom. The molecule has 0 bridgehead atoms. The number of benzene rings is 1. The first-order chi connectivity index (χ1) is 10.5. The Morgan fingerprint density at radius 2 is 2.05 bits per heavy atom. The second-order valence-electron chi connectivity index (χ2n) is 5.35. The van der Waals surface area contributed by atoms with Crippen LogP contribution in [0.4, 0.5) is 4.79 Å². The van der Waals surface area contributed by atoms with Crippen molar-refractivity contribution in [1.29, 1.82) is 0 Å². The number of carbonyl (C=O) groups excluding carboxylic acids is 1. The van der Waals surface area contributed by atoms with Gasteiger partial charge in [0.2, 0.25) is 0 Å². The van der Waals surface area contributed by atoms with Crippen LogP contribution in [-0.2, 0) is 0 Å². The summed E-state index contributed by atoms with van der Waals surface area (Å²) in [7, 11) is 0. The van der Waals surface area contributed by atoms with Gasteiger partial charge in [0.1, 0.15) is 5.75 Å². The summed E-state index contributed by atoms with van der Waals surface area (Å²) in [5, 5.41) is 9.33. The van der Waals surface area contributed by atoms with E-state index in [2.05, 4.69) is 0 Å². The number of amides is 2. The van der Waals surface area contributed by atoms with Gasteiger partial charge in [-0.05, 0) is 43.4 Å². The lowest BCUT2D eigenvalue weighted by Gasteiger charge is -2.29. The molecule has 0 unspecified atom stereocenters. The van der Waals surface area contributed by atoms with Gasteiger partial charge in [-0.25, -0.2) is 4.79 Å². The fourth-order valence-electron chi connectivity index (χ4n) is 2.57. The van der Waals surface area contributed by atoms with E-state index in [0.717, 1.165) is 19.3 Å². The zero-order valence-corrected chi connectivity index (χ0v) is 12.9. The van der Waals surface area contributed by atoms with Gasteiger partial charge in [-0.2, -0.15) is 0 Å². The Balaban J connectivity index is 1.82. The van der Waals surface area contributed by atoms with Crippen LogP contribution in [0, 0.1) is 5.92 Å². The van der Waals surface area contributed by atoms with Crippen LogP contribution in [0.15, 0.2) is 18.2 Å². The minimum atomic E-state index is -0.859. The lowest BCUT2D eigenvalue weighted by atomic mass is 9.94. The Kier molecular flexibility index (Phi) is 5.49. The molecule has 1 aliphatic heterocycles. The predicted molar refractivity (Wildman–Crippen MR) is 82.4 cm³/mol. The van der Waals surface area contributed by atoms with Crippen LogP contribution in [0.5, 0.6) is 5.75 Å². The average molecular weight is 327 g/mol. The zero-order valence-electron chi connectivity index (χ0n) is 12.1. The van der Waals surface area contributed by atoms with Crippen molar-refractivity contribution in [1.82, 2.24) is 4.90 Å². The molecule has 0 aromatic heterocycles. The minimum absolute atomic E-state index is 0.271. The van der Waals surface area contributed by atoms with E-state index in [1.807, 2.05) is 0 Å². The largest absolute Gasteiger partial charge is 0.493 e. The number of halogens is 1. The number of nitrogens with two attached hydrogens (primary N) is 1. The monoisotopic (exact) mass is 326 g/mol. The maximum Gasteiger partial charge on any atom is 0.407 e. The van der Waals surface area contributed by atoms with Gasteiger partial charge in [0, 0.05) is 18.1 Å². The molecule has 1 aromatic carbocycles. The Bertz CT molecular complexity index is 556. The van der Waals surface area contributed by atoms with Gasteiger partial charge in [0.05, 0.1) is 12.2 Å². The van der Waals surface area contributed by atoms with E-state index in [0.29, 0.717) is 36.4 Å². The molecule has 6 nitrogen and oxygen atoms in total. The van der Waals surface area contributed by atoms with E-state index in [1.54, 1.807) is 12.1 Å². The third kappa shape index (κ3) is 4.27. The van der Waals surface area contributed by atoms with E-state index in [-0.39, 0.29) is 5.56 Å². The molecule has 120 valence electrons. The third-order valence-corrected chi connectivity index (χ3v) is 4.11. The van der Waals surface area contributed by atoms with Crippen molar-refractivity contribution in [3.05, 3.63) is 28.8 Å². The molecular weight excluding hydrogens is 308 g/mol. The molecule has 0 saturated carbocycles.